The number of nitrogens with zero attached hydrogens (tertiary/aromatic N) is 1. The molecule has 35 heavy (non-hydrogen) atoms. The molecule has 0 spiro atoms. The molecule has 8 heteroatoms. The van der Waals surface area contributed by atoms with Crippen molar-refractivity contribution in [3.63, 3.8) is 0 Å². The molecule has 1 aliphatic rings. The van der Waals surface area contributed by atoms with E-state index in [0.717, 1.165) is 12.1 Å². The number of benzene rings is 2. The monoisotopic (exact) mass is 482 g/mol. The predicted octanol–water partition coefficient (Wildman–Crippen LogP) is 4.41. The molecule has 0 bridgehead atoms. The van der Waals surface area contributed by atoms with Gasteiger partial charge in [-0.05, 0) is 57.5 Å². The number of halogens is 2. The van der Waals surface area contributed by atoms with Gasteiger partial charge in [-0.25, -0.2) is 8.78 Å². The number of allylic oxidation sites excluding steroid dienone is 3. The summed E-state index contributed by atoms with van der Waals surface area (Å²) in [6.45, 7) is 7.94. The van der Waals surface area contributed by atoms with Crippen LogP contribution in [-0.2, 0) is 4.79 Å². The highest BCUT2D eigenvalue weighted by molar-refractivity contribution is 6.02. The first-order valence-corrected chi connectivity index (χ1v) is 11.7. The average molecular weight is 483 g/mol. The van der Waals surface area contributed by atoms with Gasteiger partial charge in [0.25, 0.3) is 5.91 Å². The van der Waals surface area contributed by atoms with Crippen molar-refractivity contribution in [3.05, 3.63) is 83.5 Å². The molecule has 0 aromatic heterocycles. The molecule has 1 unspecified atom stereocenters. The lowest BCUT2D eigenvalue weighted by molar-refractivity contribution is -0.118. The summed E-state index contributed by atoms with van der Waals surface area (Å²) in [7, 11) is 0. The lowest BCUT2D eigenvalue weighted by Crippen LogP contribution is -2.49. The minimum Gasteiger partial charge on any atom is -0.367 e. The molecule has 2 aromatic carbocycles. The molecule has 2 atom stereocenters. The maximum atomic E-state index is 14.2. The molecule has 3 rings (SSSR count). The van der Waals surface area contributed by atoms with Crippen LogP contribution >= 0.6 is 0 Å². The second-order valence-electron chi connectivity index (χ2n) is 8.70. The third-order valence-corrected chi connectivity index (χ3v) is 5.77. The second-order valence-corrected chi connectivity index (χ2v) is 8.70. The van der Waals surface area contributed by atoms with Gasteiger partial charge >= 0.3 is 0 Å². The quantitative estimate of drug-likeness (QED) is 0.488. The summed E-state index contributed by atoms with van der Waals surface area (Å²) >= 11 is 0. The van der Waals surface area contributed by atoms with E-state index in [1.54, 1.807) is 12.1 Å². The van der Waals surface area contributed by atoms with Crippen molar-refractivity contribution in [2.75, 3.05) is 29.9 Å². The van der Waals surface area contributed by atoms with Crippen molar-refractivity contribution in [2.45, 2.75) is 39.3 Å². The average Bonchev–Trinajstić information content (AvgIpc) is 2.82. The van der Waals surface area contributed by atoms with Crippen LogP contribution in [0.2, 0.25) is 0 Å². The standard InChI is InChI=1S/C27H32F2N4O2/c1-4-5-8-18(2)15-24(32-26(34)21-9-6-7-10-22(21)29)27(35)31-23-16-20(28)11-12-25(23)33-14-13-30-19(3)17-33/h4-12,16,19,24,30H,13-15,17H2,1-3H3,(H,31,35)(H,32,34)/b5-4-,18-8+/t19?,24-/m1/s1. The number of amides is 2. The van der Waals surface area contributed by atoms with Crippen LogP contribution in [-0.4, -0.2) is 43.5 Å². The summed E-state index contributed by atoms with van der Waals surface area (Å²) in [6, 6.07) is 9.11. The van der Waals surface area contributed by atoms with Gasteiger partial charge in [0.05, 0.1) is 16.9 Å². The van der Waals surface area contributed by atoms with E-state index in [9.17, 15) is 18.4 Å². The molecule has 1 heterocycles. The highest BCUT2D eigenvalue weighted by atomic mass is 19.1. The zero-order valence-electron chi connectivity index (χ0n) is 20.3. The van der Waals surface area contributed by atoms with Crippen LogP contribution in [0.5, 0.6) is 0 Å². The Labute approximate surface area is 205 Å². The summed E-state index contributed by atoms with van der Waals surface area (Å²) < 4.78 is 28.3. The first kappa shape index (κ1) is 26.1. The summed E-state index contributed by atoms with van der Waals surface area (Å²) in [4.78, 5) is 28.2. The number of rotatable bonds is 8. The number of nitrogens with one attached hydrogen (secondary N) is 3. The van der Waals surface area contributed by atoms with E-state index in [0.29, 0.717) is 24.5 Å². The van der Waals surface area contributed by atoms with Crippen LogP contribution in [0.25, 0.3) is 0 Å². The molecule has 2 aromatic rings. The Kier molecular flexibility index (Phi) is 9.14. The molecule has 1 aliphatic heterocycles. The Morgan fingerprint density at radius 2 is 2.00 bits per heavy atom. The van der Waals surface area contributed by atoms with E-state index in [4.69, 9.17) is 0 Å². The smallest absolute Gasteiger partial charge is 0.254 e. The molecule has 2 amide bonds. The van der Waals surface area contributed by atoms with Crippen LogP contribution in [0.15, 0.2) is 66.3 Å². The van der Waals surface area contributed by atoms with Crippen molar-refractivity contribution < 1.29 is 18.4 Å². The van der Waals surface area contributed by atoms with E-state index in [1.807, 2.05) is 32.1 Å². The fraction of sp³-hybridized carbons (Fsp3) is 0.333. The maximum Gasteiger partial charge on any atom is 0.254 e. The SMILES string of the molecule is C/C=C\C=C(/C)C[C@@H](NC(=O)c1ccccc1F)C(=O)Nc1cc(F)ccc1N1CCNC(C)C1. The number of anilines is 2. The lowest BCUT2D eigenvalue weighted by Gasteiger charge is -2.35. The van der Waals surface area contributed by atoms with E-state index in [1.165, 1.54) is 30.3 Å². The summed E-state index contributed by atoms with van der Waals surface area (Å²) in [5.41, 5.74) is 1.71. The summed E-state index contributed by atoms with van der Waals surface area (Å²) in [5, 5.41) is 8.81. The van der Waals surface area contributed by atoms with Gasteiger partial charge in [-0.1, -0.05) is 35.9 Å². The van der Waals surface area contributed by atoms with Gasteiger partial charge in [-0.3, -0.25) is 9.59 Å². The highest BCUT2D eigenvalue weighted by Crippen LogP contribution is 2.28. The van der Waals surface area contributed by atoms with Crippen molar-refractivity contribution in [3.8, 4) is 0 Å². The van der Waals surface area contributed by atoms with E-state index >= 15 is 0 Å². The van der Waals surface area contributed by atoms with Gasteiger partial charge in [0.1, 0.15) is 17.7 Å². The number of piperazine rings is 1. The molecule has 0 saturated carbocycles. The molecule has 0 aliphatic carbocycles. The van der Waals surface area contributed by atoms with Crippen molar-refractivity contribution >= 4 is 23.2 Å². The number of hydrogen-bond acceptors (Lipinski definition) is 4. The van der Waals surface area contributed by atoms with Crippen molar-refractivity contribution in [1.82, 2.24) is 10.6 Å². The molecular weight excluding hydrogens is 450 g/mol. The number of carbonyl (C=O) groups is 2. The topological polar surface area (TPSA) is 73.5 Å². The third kappa shape index (κ3) is 7.23. The summed E-state index contributed by atoms with van der Waals surface area (Å²) in [5.74, 6) is -2.37. The van der Waals surface area contributed by atoms with Crippen LogP contribution in [0, 0.1) is 11.6 Å². The van der Waals surface area contributed by atoms with Crippen LogP contribution in [0.3, 0.4) is 0 Å². The Bertz CT molecular complexity index is 1120. The van der Waals surface area contributed by atoms with Crippen molar-refractivity contribution in [2.24, 2.45) is 0 Å². The molecule has 186 valence electrons. The molecule has 6 nitrogen and oxygen atoms in total. The maximum absolute atomic E-state index is 14.2. The van der Waals surface area contributed by atoms with Gasteiger partial charge in [0, 0.05) is 25.7 Å². The van der Waals surface area contributed by atoms with Gasteiger partial charge in [-0.15, -0.1) is 0 Å². The van der Waals surface area contributed by atoms with E-state index < -0.39 is 29.5 Å². The molecule has 1 fully saturated rings. The molecule has 0 radical (unpaired) electrons. The van der Waals surface area contributed by atoms with Gasteiger partial charge in [-0.2, -0.15) is 0 Å². The minimum absolute atomic E-state index is 0.151. The Morgan fingerprint density at radius 1 is 1.23 bits per heavy atom. The number of carbonyl (C=O) groups excluding carboxylic acids is 2. The predicted molar refractivity (Wildman–Crippen MR) is 136 cm³/mol. The second kappa shape index (κ2) is 12.3. The Hall–Kier alpha value is -3.52. The largest absolute Gasteiger partial charge is 0.367 e. The van der Waals surface area contributed by atoms with Crippen molar-refractivity contribution in [1.29, 1.82) is 0 Å². The summed E-state index contributed by atoms with van der Waals surface area (Å²) in [6.07, 6.45) is 5.72. The molecule has 1 saturated heterocycles. The minimum atomic E-state index is -0.998. The first-order chi connectivity index (χ1) is 16.8. The van der Waals surface area contributed by atoms with Gasteiger partial charge < -0.3 is 20.9 Å². The molecule has 3 N–H and O–H groups in total. The Balaban J connectivity index is 1.86. The van der Waals surface area contributed by atoms with Crippen LogP contribution in [0.1, 0.15) is 37.6 Å². The number of hydrogen-bond donors (Lipinski definition) is 3. The molecular formula is C27H32F2N4O2. The van der Waals surface area contributed by atoms with Crippen LogP contribution in [0.4, 0.5) is 20.2 Å². The van der Waals surface area contributed by atoms with Crippen LogP contribution < -0.4 is 20.9 Å². The van der Waals surface area contributed by atoms with Gasteiger partial charge in [0.2, 0.25) is 5.91 Å². The normalized spacial score (nSPS) is 17.3. The zero-order chi connectivity index (χ0) is 25.4. The Morgan fingerprint density at radius 3 is 2.71 bits per heavy atom. The van der Waals surface area contributed by atoms with E-state index in [-0.39, 0.29) is 18.0 Å². The first-order valence-electron chi connectivity index (χ1n) is 11.7. The third-order valence-electron chi connectivity index (χ3n) is 5.77. The highest BCUT2D eigenvalue weighted by Gasteiger charge is 2.25. The fourth-order valence-corrected chi connectivity index (χ4v) is 4.00. The van der Waals surface area contributed by atoms with Gasteiger partial charge in [0.15, 0.2) is 0 Å². The zero-order valence-corrected chi connectivity index (χ0v) is 20.3. The lowest BCUT2D eigenvalue weighted by atomic mass is 10.0. The fourth-order valence-electron chi connectivity index (χ4n) is 4.00. The van der Waals surface area contributed by atoms with E-state index in [2.05, 4.69) is 27.8 Å².